The molecule has 0 aliphatic carbocycles. The fraction of sp³-hybridized carbons (Fsp3) is 0.647. The van der Waals surface area contributed by atoms with Gasteiger partial charge in [-0.1, -0.05) is 12.1 Å². The van der Waals surface area contributed by atoms with E-state index in [4.69, 9.17) is 4.74 Å². The van der Waals surface area contributed by atoms with Gasteiger partial charge >= 0.3 is 0 Å². The Morgan fingerprint density at radius 3 is 2.62 bits per heavy atom. The van der Waals surface area contributed by atoms with E-state index >= 15 is 0 Å². The fourth-order valence-electron chi connectivity index (χ4n) is 3.27. The standard InChI is InChI=1S/C17H26N2O3S2/c1-12(16-4-3-9-23-16)22-17-11-18-10-15(19-17)13-5-7-14(8-6-13)24(2,20)21/h5-8,12,15-19H,3-4,9-11H2,1-2H3/t12-,15?,16?,17?/m0/s1. The Labute approximate surface area is 148 Å². The quantitative estimate of drug-likeness (QED) is 0.826. The highest BCUT2D eigenvalue weighted by Crippen LogP contribution is 2.30. The molecule has 2 heterocycles. The van der Waals surface area contributed by atoms with Crippen LogP contribution in [-0.2, 0) is 14.6 Å². The van der Waals surface area contributed by atoms with E-state index in [2.05, 4.69) is 17.6 Å². The normalized spacial score (nSPS) is 29.5. The molecular weight excluding hydrogens is 344 g/mol. The molecule has 0 aromatic heterocycles. The molecule has 0 bridgehead atoms. The maximum absolute atomic E-state index is 11.6. The minimum Gasteiger partial charge on any atom is -0.358 e. The first kappa shape index (κ1) is 18.2. The van der Waals surface area contributed by atoms with Crippen LogP contribution in [0.1, 0.15) is 31.4 Å². The van der Waals surface area contributed by atoms with Crippen molar-refractivity contribution in [3.8, 4) is 0 Å². The van der Waals surface area contributed by atoms with Crippen molar-refractivity contribution in [2.75, 3.05) is 25.1 Å². The van der Waals surface area contributed by atoms with Crippen LogP contribution in [0.3, 0.4) is 0 Å². The van der Waals surface area contributed by atoms with E-state index in [1.807, 2.05) is 23.9 Å². The lowest BCUT2D eigenvalue weighted by atomic mass is 10.1. The van der Waals surface area contributed by atoms with Crippen molar-refractivity contribution in [1.82, 2.24) is 10.6 Å². The van der Waals surface area contributed by atoms with Crippen LogP contribution in [0.15, 0.2) is 29.2 Å². The van der Waals surface area contributed by atoms with Gasteiger partial charge in [-0.2, -0.15) is 11.8 Å². The third kappa shape index (κ3) is 4.52. The van der Waals surface area contributed by atoms with Crippen molar-refractivity contribution in [2.45, 2.75) is 48.3 Å². The molecule has 2 N–H and O–H groups in total. The molecule has 2 aliphatic heterocycles. The number of rotatable bonds is 5. The Balaban J connectivity index is 1.60. The Bertz CT molecular complexity index is 642. The third-order valence-electron chi connectivity index (χ3n) is 4.64. The van der Waals surface area contributed by atoms with E-state index in [1.165, 1.54) is 24.9 Å². The summed E-state index contributed by atoms with van der Waals surface area (Å²) in [5.41, 5.74) is 1.08. The van der Waals surface area contributed by atoms with Crippen LogP contribution in [0.4, 0.5) is 0 Å². The third-order valence-corrected chi connectivity index (χ3v) is 7.34. The summed E-state index contributed by atoms with van der Waals surface area (Å²) in [7, 11) is -3.15. The molecule has 0 saturated carbocycles. The Hall–Kier alpha value is -0.600. The van der Waals surface area contributed by atoms with Crippen LogP contribution in [-0.4, -0.2) is 51.1 Å². The number of nitrogens with one attached hydrogen (secondary N) is 2. The number of hydrogen-bond donors (Lipinski definition) is 2. The van der Waals surface area contributed by atoms with E-state index in [0.717, 1.165) is 18.7 Å². The van der Waals surface area contributed by atoms with Crippen LogP contribution in [0.2, 0.25) is 0 Å². The van der Waals surface area contributed by atoms with E-state index in [9.17, 15) is 8.42 Å². The first-order valence-corrected chi connectivity index (χ1v) is 11.4. The van der Waals surface area contributed by atoms with Crippen molar-refractivity contribution in [3.63, 3.8) is 0 Å². The lowest BCUT2D eigenvalue weighted by Crippen LogP contribution is -2.53. The molecular formula is C17H26N2O3S2. The first-order valence-electron chi connectivity index (χ1n) is 8.47. The van der Waals surface area contributed by atoms with Gasteiger partial charge in [-0.25, -0.2) is 8.42 Å². The number of hydrogen-bond acceptors (Lipinski definition) is 6. The lowest BCUT2D eigenvalue weighted by Gasteiger charge is -2.34. The van der Waals surface area contributed by atoms with Gasteiger partial charge in [0.1, 0.15) is 6.23 Å². The van der Waals surface area contributed by atoms with Crippen molar-refractivity contribution >= 4 is 21.6 Å². The van der Waals surface area contributed by atoms with Gasteiger partial charge in [0.05, 0.1) is 11.0 Å². The van der Waals surface area contributed by atoms with Gasteiger partial charge in [0.25, 0.3) is 0 Å². The molecule has 3 rings (SSSR count). The zero-order chi connectivity index (χ0) is 17.2. The number of benzene rings is 1. The molecule has 0 radical (unpaired) electrons. The average Bonchev–Trinajstić information content (AvgIpc) is 3.09. The van der Waals surface area contributed by atoms with Crippen LogP contribution in [0.5, 0.6) is 0 Å². The smallest absolute Gasteiger partial charge is 0.175 e. The molecule has 2 saturated heterocycles. The first-order chi connectivity index (χ1) is 11.4. The van der Waals surface area contributed by atoms with Crippen molar-refractivity contribution in [1.29, 1.82) is 0 Å². The van der Waals surface area contributed by atoms with Gasteiger partial charge in [-0.3, -0.25) is 5.32 Å². The van der Waals surface area contributed by atoms with Gasteiger partial charge < -0.3 is 10.1 Å². The monoisotopic (exact) mass is 370 g/mol. The maximum atomic E-state index is 11.6. The summed E-state index contributed by atoms with van der Waals surface area (Å²) in [5, 5.41) is 7.55. The van der Waals surface area contributed by atoms with E-state index < -0.39 is 9.84 Å². The summed E-state index contributed by atoms with van der Waals surface area (Å²) < 4.78 is 29.4. The molecule has 7 heteroatoms. The largest absolute Gasteiger partial charge is 0.358 e. The molecule has 134 valence electrons. The molecule has 2 fully saturated rings. The van der Waals surface area contributed by atoms with Gasteiger partial charge in [0.2, 0.25) is 0 Å². The second-order valence-electron chi connectivity index (χ2n) is 6.60. The molecule has 24 heavy (non-hydrogen) atoms. The maximum Gasteiger partial charge on any atom is 0.175 e. The number of ether oxygens (including phenoxy) is 1. The minimum atomic E-state index is -3.15. The zero-order valence-corrected chi connectivity index (χ0v) is 15.8. The minimum absolute atomic E-state index is 0.0189. The van der Waals surface area contributed by atoms with Crippen LogP contribution in [0, 0.1) is 0 Å². The van der Waals surface area contributed by atoms with Gasteiger partial charge in [-0.15, -0.1) is 0 Å². The van der Waals surface area contributed by atoms with Gasteiger partial charge in [0.15, 0.2) is 9.84 Å². The summed E-state index contributed by atoms with van der Waals surface area (Å²) in [6.07, 6.45) is 3.98. The Morgan fingerprint density at radius 2 is 2.00 bits per heavy atom. The van der Waals surface area contributed by atoms with E-state index in [1.54, 1.807) is 12.1 Å². The van der Waals surface area contributed by atoms with Gasteiger partial charge in [0, 0.05) is 30.6 Å². The summed E-state index contributed by atoms with van der Waals surface area (Å²) in [4.78, 5) is 0.356. The molecule has 2 aliphatic rings. The highest BCUT2D eigenvalue weighted by Gasteiger charge is 2.28. The molecule has 1 aromatic rings. The summed E-state index contributed by atoms with van der Waals surface area (Å²) in [6, 6.07) is 7.24. The predicted molar refractivity (Wildman–Crippen MR) is 98.1 cm³/mol. The molecule has 0 spiro atoms. The fourth-order valence-corrected chi connectivity index (χ4v) is 5.20. The second-order valence-corrected chi connectivity index (χ2v) is 9.96. The van der Waals surface area contributed by atoms with E-state index in [0.29, 0.717) is 10.1 Å². The van der Waals surface area contributed by atoms with E-state index in [-0.39, 0.29) is 18.4 Å². The molecule has 3 unspecified atom stereocenters. The molecule has 5 nitrogen and oxygen atoms in total. The lowest BCUT2D eigenvalue weighted by molar-refractivity contribution is -0.0366. The van der Waals surface area contributed by atoms with Gasteiger partial charge in [-0.05, 0) is 43.2 Å². The summed E-state index contributed by atoms with van der Waals surface area (Å²) in [5.74, 6) is 1.24. The van der Waals surface area contributed by atoms with Crippen molar-refractivity contribution < 1.29 is 13.2 Å². The van der Waals surface area contributed by atoms with Crippen molar-refractivity contribution in [2.24, 2.45) is 0 Å². The highest BCUT2D eigenvalue weighted by atomic mass is 32.2. The summed E-state index contributed by atoms with van der Waals surface area (Å²) in [6.45, 7) is 3.76. The predicted octanol–water partition coefficient (Wildman–Crippen LogP) is 1.95. The molecule has 0 amide bonds. The van der Waals surface area contributed by atoms with Crippen LogP contribution in [0.25, 0.3) is 0 Å². The molecule has 4 atom stereocenters. The SMILES string of the molecule is C[C@H](OC1CNCC(c2ccc(S(C)(=O)=O)cc2)N1)C1CCCS1. The van der Waals surface area contributed by atoms with Crippen LogP contribution >= 0.6 is 11.8 Å². The number of thioether (sulfide) groups is 1. The Kier molecular flexibility index (Phi) is 5.87. The number of sulfone groups is 1. The molecule has 1 aromatic carbocycles. The second kappa shape index (κ2) is 7.74. The highest BCUT2D eigenvalue weighted by molar-refractivity contribution is 8.00. The summed E-state index contributed by atoms with van der Waals surface area (Å²) >= 11 is 2.01. The Morgan fingerprint density at radius 1 is 1.25 bits per heavy atom. The van der Waals surface area contributed by atoms with Crippen LogP contribution < -0.4 is 10.6 Å². The topological polar surface area (TPSA) is 67.4 Å². The average molecular weight is 371 g/mol. The number of piperazine rings is 1. The zero-order valence-electron chi connectivity index (χ0n) is 14.2. The van der Waals surface area contributed by atoms with Crippen molar-refractivity contribution in [3.05, 3.63) is 29.8 Å².